The predicted octanol–water partition coefficient (Wildman–Crippen LogP) is 3.84. The topological polar surface area (TPSA) is 0 Å². The van der Waals surface area contributed by atoms with E-state index in [0.29, 0.717) is 0 Å². The average Bonchev–Trinajstić information content (AvgIpc) is 2.07. The summed E-state index contributed by atoms with van der Waals surface area (Å²) in [5.41, 5.74) is 5.02. The Hall–Kier alpha value is -0.520. The second-order valence-corrected chi connectivity index (χ2v) is 4.35. The zero-order valence-electron chi connectivity index (χ0n) is 8.19. The van der Waals surface area contributed by atoms with Gasteiger partial charge >= 0.3 is 0 Å². The first-order valence-electron chi connectivity index (χ1n) is 5.11. The van der Waals surface area contributed by atoms with Crippen molar-refractivity contribution in [1.82, 2.24) is 0 Å². The molecule has 1 unspecified atom stereocenters. The normalized spacial score (nSPS) is 29.8. The molecule has 0 saturated carbocycles. The number of allylic oxidation sites excluding steroid dienone is 4. The van der Waals surface area contributed by atoms with Gasteiger partial charge in [-0.1, -0.05) is 22.8 Å². The van der Waals surface area contributed by atoms with Gasteiger partial charge in [0.2, 0.25) is 0 Å². The highest BCUT2D eigenvalue weighted by Gasteiger charge is 2.22. The molecule has 0 fully saturated rings. The molecule has 0 radical (unpaired) electrons. The van der Waals surface area contributed by atoms with Gasteiger partial charge < -0.3 is 0 Å². The first kappa shape index (κ1) is 8.10. The van der Waals surface area contributed by atoms with Crippen molar-refractivity contribution in [2.45, 2.75) is 46.0 Å². The quantitative estimate of drug-likeness (QED) is 0.475. The molecule has 0 N–H and O–H groups in total. The first-order chi connectivity index (χ1) is 5.77. The van der Waals surface area contributed by atoms with Gasteiger partial charge in [-0.3, -0.25) is 0 Å². The maximum atomic E-state index is 2.49. The van der Waals surface area contributed by atoms with E-state index in [0.717, 1.165) is 5.92 Å². The molecule has 0 aromatic rings. The van der Waals surface area contributed by atoms with Gasteiger partial charge in [-0.15, -0.1) is 0 Å². The minimum Gasteiger partial charge on any atom is -0.0847 e. The summed E-state index contributed by atoms with van der Waals surface area (Å²) in [7, 11) is 0. The van der Waals surface area contributed by atoms with E-state index < -0.39 is 0 Å². The van der Waals surface area contributed by atoms with Gasteiger partial charge in [0.05, 0.1) is 0 Å². The van der Waals surface area contributed by atoms with E-state index in [2.05, 4.69) is 19.9 Å². The van der Waals surface area contributed by atoms with Crippen LogP contribution in [-0.4, -0.2) is 0 Å². The summed E-state index contributed by atoms with van der Waals surface area (Å²) in [4.78, 5) is 0. The van der Waals surface area contributed by atoms with E-state index >= 15 is 0 Å². The number of hydrogen-bond acceptors (Lipinski definition) is 0. The molecule has 1 atom stereocenters. The minimum atomic E-state index is 0.919. The lowest BCUT2D eigenvalue weighted by Gasteiger charge is -2.30. The van der Waals surface area contributed by atoms with E-state index in [4.69, 9.17) is 0 Å². The molecule has 0 spiro atoms. The molecule has 0 bridgehead atoms. The molecule has 0 aromatic carbocycles. The minimum absolute atomic E-state index is 0.919. The fraction of sp³-hybridized carbons (Fsp3) is 0.667. The third-order valence-corrected chi connectivity index (χ3v) is 3.44. The van der Waals surface area contributed by atoms with Crippen molar-refractivity contribution in [1.29, 1.82) is 0 Å². The van der Waals surface area contributed by atoms with Crippen LogP contribution in [0.25, 0.3) is 0 Å². The monoisotopic (exact) mass is 162 g/mol. The Morgan fingerprint density at radius 2 is 2.08 bits per heavy atom. The van der Waals surface area contributed by atoms with Gasteiger partial charge in [0.1, 0.15) is 0 Å². The van der Waals surface area contributed by atoms with Gasteiger partial charge in [-0.05, 0) is 51.9 Å². The molecule has 2 aliphatic rings. The molecule has 2 aliphatic carbocycles. The van der Waals surface area contributed by atoms with Crippen molar-refractivity contribution < 1.29 is 0 Å². The SMILES string of the molecule is CC1=C(C)CC2CCCC=C2C1. The standard InChI is InChI=1S/C12H18/c1-9-7-11-5-3-4-6-12(11)8-10(9)2/h5,12H,3-4,6-8H2,1-2H3. The Labute approximate surface area is 75.4 Å². The molecule has 0 heterocycles. The third-order valence-electron chi connectivity index (χ3n) is 3.44. The van der Waals surface area contributed by atoms with E-state index in [-0.39, 0.29) is 0 Å². The summed E-state index contributed by atoms with van der Waals surface area (Å²) >= 11 is 0. The smallest absolute Gasteiger partial charge is 0.0106 e. The molecule has 0 heteroatoms. The van der Waals surface area contributed by atoms with Crippen LogP contribution >= 0.6 is 0 Å². The highest BCUT2D eigenvalue weighted by Crippen LogP contribution is 2.38. The lowest BCUT2D eigenvalue weighted by molar-refractivity contribution is 0.480. The zero-order valence-corrected chi connectivity index (χ0v) is 8.19. The summed E-state index contributed by atoms with van der Waals surface area (Å²) in [5, 5.41) is 0. The molecular formula is C12H18. The molecule has 0 aliphatic heterocycles. The second-order valence-electron chi connectivity index (χ2n) is 4.35. The number of fused-ring (bicyclic) bond motifs is 1. The van der Waals surface area contributed by atoms with Crippen LogP contribution in [0.15, 0.2) is 22.8 Å². The van der Waals surface area contributed by atoms with E-state index in [9.17, 15) is 0 Å². The number of rotatable bonds is 0. The summed E-state index contributed by atoms with van der Waals surface area (Å²) in [5.74, 6) is 0.919. The van der Waals surface area contributed by atoms with Crippen molar-refractivity contribution in [3.05, 3.63) is 22.8 Å². The molecule has 12 heavy (non-hydrogen) atoms. The summed E-state index contributed by atoms with van der Waals surface area (Å²) in [6, 6.07) is 0. The molecule has 0 aromatic heterocycles. The fourth-order valence-electron chi connectivity index (χ4n) is 2.45. The van der Waals surface area contributed by atoms with E-state index in [1.54, 1.807) is 16.7 Å². The van der Waals surface area contributed by atoms with Crippen molar-refractivity contribution in [3.63, 3.8) is 0 Å². The van der Waals surface area contributed by atoms with E-state index in [1.807, 2.05) is 0 Å². The van der Waals surface area contributed by atoms with Crippen molar-refractivity contribution >= 4 is 0 Å². The Morgan fingerprint density at radius 3 is 2.92 bits per heavy atom. The zero-order chi connectivity index (χ0) is 8.55. The summed E-state index contributed by atoms with van der Waals surface area (Å²) in [6.07, 6.45) is 9.30. The maximum absolute atomic E-state index is 2.49. The van der Waals surface area contributed by atoms with E-state index in [1.165, 1.54) is 32.1 Å². The van der Waals surface area contributed by atoms with Gasteiger partial charge in [0.25, 0.3) is 0 Å². The lowest BCUT2D eigenvalue weighted by atomic mass is 9.76. The van der Waals surface area contributed by atoms with Crippen LogP contribution in [0.4, 0.5) is 0 Å². The van der Waals surface area contributed by atoms with Gasteiger partial charge in [-0.25, -0.2) is 0 Å². The molecule has 0 amide bonds. The van der Waals surface area contributed by atoms with Crippen LogP contribution < -0.4 is 0 Å². The van der Waals surface area contributed by atoms with Gasteiger partial charge in [0, 0.05) is 0 Å². The highest BCUT2D eigenvalue weighted by molar-refractivity contribution is 5.28. The van der Waals surface area contributed by atoms with Crippen LogP contribution in [0, 0.1) is 5.92 Å². The molecule has 0 nitrogen and oxygen atoms in total. The van der Waals surface area contributed by atoms with Gasteiger partial charge in [-0.2, -0.15) is 0 Å². The molecular weight excluding hydrogens is 144 g/mol. The van der Waals surface area contributed by atoms with Crippen molar-refractivity contribution in [2.24, 2.45) is 5.92 Å². The lowest BCUT2D eigenvalue weighted by Crippen LogP contribution is -2.14. The van der Waals surface area contributed by atoms with Gasteiger partial charge in [0.15, 0.2) is 0 Å². The Balaban J connectivity index is 2.23. The first-order valence-corrected chi connectivity index (χ1v) is 5.11. The molecule has 0 saturated heterocycles. The molecule has 66 valence electrons. The molecule has 2 rings (SSSR count). The second kappa shape index (κ2) is 3.08. The predicted molar refractivity (Wildman–Crippen MR) is 53.0 cm³/mol. The summed E-state index contributed by atoms with van der Waals surface area (Å²) < 4.78 is 0. The average molecular weight is 162 g/mol. The van der Waals surface area contributed by atoms with Crippen LogP contribution in [0.2, 0.25) is 0 Å². The maximum Gasteiger partial charge on any atom is -0.0106 e. The van der Waals surface area contributed by atoms with Crippen LogP contribution in [0.3, 0.4) is 0 Å². The summed E-state index contributed by atoms with van der Waals surface area (Å²) in [6.45, 7) is 4.60. The number of hydrogen-bond donors (Lipinski definition) is 0. The Kier molecular flexibility index (Phi) is 2.08. The largest absolute Gasteiger partial charge is 0.0847 e. The third kappa shape index (κ3) is 1.35. The van der Waals surface area contributed by atoms with Crippen molar-refractivity contribution in [2.75, 3.05) is 0 Å². The Bertz CT molecular complexity index is 243. The highest BCUT2D eigenvalue weighted by atomic mass is 14.3. The van der Waals surface area contributed by atoms with Crippen molar-refractivity contribution in [3.8, 4) is 0 Å². The van der Waals surface area contributed by atoms with Crippen LogP contribution in [0.5, 0.6) is 0 Å². The Morgan fingerprint density at radius 1 is 1.25 bits per heavy atom. The van der Waals surface area contributed by atoms with Crippen LogP contribution in [-0.2, 0) is 0 Å². The fourth-order valence-corrected chi connectivity index (χ4v) is 2.45. The van der Waals surface area contributed by atoms with Crippen LogP contribution in [0.1, 0.15) is 46.0 Å².